The van der Waals surface area contributed by atoms with E-state index in [2.05, 4.69) is 5.32 Å². The quantitative estimate of drug-likeness (QED) is 0.810. The summed E-state index contributed by atoms with van der Waals surface area (Å²) in [5, 5.41) is 20.9. The zero-order chi connectivity index (χ0) is 15.9. The van der Waals surface area contributed by atoms with Gasteiger partial charge in [-0.25, -0.2) is 0 Å². The minimum absolute atomic E-state index is 0.00747. The highest BCUT2D eigenvalue weighted by atomic mass is 19.4. The number of aliphatic hydroxyl groups excluding tert-OH is 1. The molecular formula is C14H17F3N2O2. The molecule has 4 nitrogen and oxygen atoms in total. The van der Waals surface area contributed by atoms with Crippen molar-refractivity contribution in [2.75, 3.05) is 13.2 Å². The first-order chi connectivity index (χ1) is 9.80. The lowest BCUT2D eigenvalue weighted by Gasteiger charge is -2.18. The number of rotatable bonds is 7. The van der Waals surface area contributed by atoms with E-state index >= 15 is 0 Å². The molecule has 0 aliphatic heterocycles. The normalized spacial score (nSPS) is 14.3. The highest BCUT2D eigenvalue weighted by molar-refractivity contribution is 5.34. The highest BCUT2D eigenvalue weighted by Gasteiger charge is 2.29. The number of hydrogen-bond donors (Lipinski definition) is 2. The number of ether oxygens (including phenoxy) is 1. The summed E-state index contributed by atoms with van der Waals surface area (Å²) in [5.74, 6) is 0.483. The number of nitrogens with one attached hydrogen (secondary N) is 1. The van der Waals surface area contributed by atoms with Gasteiger partial charge in [0.2, 0.25) is 0 Å². The standard InChI is InChI=1S/C14H17F3N2O2/c1-10(6-14(15,16)17)19-8-12(20)9-21-13-4-2-11(7-18)3-5-13/h2-5,10,12,19-20H,6,8-9H2,1H3. The average Bonchev–Trinajstić information content (AvgIpc) is 2.41. The monoisotopic (exact) mass is 302 g/mol. The van der Waals surface area contributed by atoms with Crippen molar-refractivity contribution in [3.63, 3.8) is 0 Å². The smallest absolute Gasteiger partial charge is 0.390 e. The Hall–Kier alpha value is -1.78. The van der Waals surface area contributed by atoms with Gasteiger partial charge in [0.1, 0.15) is 18.5 Å². The number of benzene rings is 1. The second-order valence-corrected chi connectivity index (χ2v) is 4.73. The summed E-state index contributed by atoms with van der Waals surface area (Å²) < 4.78 is 41.6. The topological polar surface area (TPSA) is 65.3 Å². The van der Waals surface area contributed by atoms with E-state index in [4.69, 9.17) is 10.00 Å². The first-order valence-electron chi connectivity index (χ1n) is 6.41. The van der Waals surface area contributed by atoms with Gasteiger partial charge in [-0.05, 0) is 31.2 Å². The second-order valence-electron chi connectivity index (χ2n) is 4.73. The number of aliphatic hydroxyl groups is 1. The van der Waals surface area contributed by atoms with Gasteiger partial charge in [0.05, 0.1) is 18.1 Å². The molecule has 0 amide bonds. The van der Waals surface area contributed by atoms with E-state index in [9.17, 15) is 18.3 Å². The van der Waals surface area contributed by atoms with Crippen LogP contribution in [0.15, 0.2) is 24.3 Å². The summed E-state index contributed by atoms with van der Waals surface area (Å²) in [7, 11) is 0. The van der Waals surface area contributed by atoms with Gasteiger partial charge in [-0.3, -0.25) is 0 Å². The van der Waals surface area contributed by atoms with Crippen LogP contribution in [0.25, 0.3) is 0 Å². The third-order valence-corrected chi connectivity index (χ3v) is 2.67. The van der Waals surface area contributed by atoms with Crippen LogP contribution >= 0.6 is 0 Å². The van der Waals surface area contributed by atoms with Gasteiger partial charge in [0, 0.05) is 12.6 Å². The summed E-state index contributed by atoms with van der Waals surface area (Å²) in [6.45, 7) is 1.37. The van der Waals surface area contributed by atoms with Crippen molar-refractivity contribution in [1.82, 2.24) is 5.32 Å². The maximum absolute atomic E-state index is 12.1. The maximum Gasteiger partial charge on any atom is 0.390 e. The van der Waals surface area contributed by atoms with Crippen molar-refractivity contribution >= 4 is 0 Å². The van der Waals surface area contributed by atoms with Gasteiger partial charge in [-0.15, -0.1) is 0 Å². The fourth-order valence-electron chi connectivity index (χ4n) is 1.63. The average molecular weight is 302 g/mol. The number of hydrogen-bond acceptors (Lipinski definition) is 4. The van der Waals surface area contributed by atoms with E-state index in [1.807, 2.05) is 6.07 Å². The number of nitriles is 1. The molecular weight excluding hydrogens is 285 g/mol. The third kappa shape index (κ3) is 7.54. The molecule has 1 rings (SSSR count). The summed E-state index contributed by atoms with van der Waals surface area (Å²) in [6, 6.07) is 7.52. The van der Waals surface area contributed by atoms with E-state index in [0.29, 0.717) is 11.3 Å². The minimum Gasteiger partial charge on any atom is -0.491 e. The predicted octanol–water partition coefficient (Wildman–Crippen LogP) is 2.23. The van der Waals surface area contributed by atoms with Crippen LogP contribution in [-0.4, -0.2) is 36.6 Å². The molecule has 0 heterocycles. The third-order valence-electron chi connectivity index (χ3n) is 2.67. The first-order valence-corrected chi connectivity index (χ1v) is 6.41. The highest BCUT2D eigenvalue weighted by Crippen LogP contribution is 2.21. The van der Waals surface area contributed by atoms with Gasteiger partial charge in [-0.2, -0.15) is 18.4 Å². The Kier molecular flexibility index (Phi) is 6.46. The van der Waals surface area contributed by atoms with Crippen molar-refractivity contribution in [1.29, 1.82) is 5.26 Å². The zero-order valence-electron chi connectivity index (χ0n) is 11.5. The predicted molar refractivity (Wildman–Crippen MR) is 70.8 cm³/mol. The minimum atomic E-state index is -4.23. The second kappa shape index (κ2) is 7.86. The zero-order valence-corrected chi connectivity index (χ0v) is 11.5. The molecule has 0 radical (unpaired) electrons. The van der Waals surface area contributed by atoms with E-state index in [-0.39, 0.29) is 13.2 Å². The molecule has 2 N–H and O–H groups in total. The van der Waals surface area contributed by atoms with Crippen LogP contribution < -0.4 is 10.1 Å². The fraction of sp³-hybridized carbons (Fsp3) is 0.500. The Morgan fingerprint density at radius 2 is 1.95 bits per heavy atom. The number of nitrogens with zero attached hydrogens (tertiary/aromatic N) is 1. The van der Waals surface area contributed by atoms with Gasteiger partial charge < -0.3 is 15.2 Å². The molecule has 2 atom stereocenters. The summed E-state index contributed by atoms with van der Waals surface area (Å²) in [4.78, 5) is 0. The van der Waals surface area contributed by atoms with E-state index < -0.39 is 24.7 Å². The largest absolute Gasteiger partial charge is 0.491 e. The Labute approximate surface area is 121 Å². The SMILES string of the molecule is CC(CC(F)(F)F)NCC(O)COc1ccc(C#N)cc1. The Morgan fingerprint density at radius 3 is 2.48 bits per heavy atom. The molecule has 0 aliphatic carbocycles. The molecule has 21 heavy (non-hydrogen) atoms. The van der Waals surface area contributed by atoms with Gasteiger partial charge in [0.15, 0.2) is 0 Å². The van der Waals surface area contributed by atoms with Crippen LogP contribution in [0.3, 0.4) is 0 Å². The summed E-state index contributed by atoms with van der Waals surface area (Å²) >= 11 is 0. The molecule has 0 saturated heterocycles. The molecule has 1 aromatic carbocycles. The Bertz CT molecular complexity index is 469. The van der Waals surface area contributed by atoms with Crippen LogP contribution in [0.4, 0.5) is 13.2 Å². The summed E-state index contributed by atoms with van der Waals surface area (Å²) in [5.41, 5.74) is 0.491. The Balaban J connectivity index is 2.27. The molecule has 0 fully saturated rings. The first kappa shape index (κ1) is 17.3. The molecule has 1 aromatic rings. The molecule has 7 heteroatoms. The summed E-state index contributed by atoms with van der Waals surface area (Å²) in [6.07, 6.45) is -6.09. The lowest BCUT2D eigenvalue weighted by atomic mass is 10.2. The number of halogens is 3. The van der Waals surface area contributed by atoms with Crippen molar-refractivity contribution in [3.8, 4) is 11.8 Å². The van der Waals surface area contributed by atoms with Crippen molar-refractivity contribution in [2.24, 2.45) is 0 Å². The van der Waals surface area contributed by atoms with Gasteiger partial charge >= 0.3 is 6.18 Å². The van der Waals surface area contributed by atoms with Crippen LogP contribution in [0, 0.1) is 11.3 Å². The van der Waals surface area contributed by atoms with Crippen molar-refractivity contribution < 1.29 is 23.0 Å². The van der Waals surface area contributed by atoms with Crippen molar-refractivity contribution in [3.05, 3.63) is 29.8 Å². The van der Waals surface area contributed by atoms with E-state index in [1.54, 1.807) is 24.3 Å². The molecule has 0 bridgehead atoms. The molecule has 116 valence electrons. The molecule has 0 spiro atoms. The Morgan fingerprint density at radius 1 is 1.33 bits per heavy atom. The van der Waals surface area contributed by atoms with Gasteiger partial charge in [0.25, 0.3) is 0 Å². The molecule has 0 aliphatic rings. The van der Waals surface area contributed by atoms with Crippen LogP contribution in [0.5, 0.6) is 5.75 Å². The van der Waals surface area contributed by atoms with Gasteiger partial charge in [-0.1, -0.05) is 0 Å². The fourth-order valence-corrected chi connectivity index (χ4v) is 1.63. The maximum atomic E-state index is 12.1. The molecule has 0 saturated carbocycles. The van der Waals surface area contributed by atoms with Crippen LogP contribution in [0.1, 0.15) is 18.9 Å². The lowest BCUT2D eigenvalue weighted by molar-refractivity contribution is -0.139. The van der Waals surface area contributed by atoms with E-state index in [0.717, 1.165) is 0 Å². The lowest BCUT2D eigenvalue weighted by Crippen LogP contribution is -2.38. The van der Waals surface area contributed by atoms with Crippen LogP contribution in [-0.2, 0) is 0 Å². The molecule has 0 aromatic heterocycles. The molecule has 2 unspecified atom stereocenters. The number of alkyl halides is 3. The van der Waals surface area contributed by atoms with Crippen molar-refractivity contribution in [2.45, 2.75) is 31.7 Å². The van der Waals surface area contributed by atoms with E-state index in [1.165, 1.54) is 6.92 Å². The van der Waals surface area contributed by atoms with Crippen LogP contribution in [0.2, 0.25) is 0 Å².